The Kier molecular flexibility index (Phi) is 3.35. The lowest BCUT2D eigenvalue weighted by Crippen LogP contribution is -2.13. The first kappa shape index (κ1) is 13.6. The van der Waals surface area contributed by atoms with Gasteiger partial charge in [-0.1, -0.05) is 30.3 Å². The molecule has 3 rings (SSSR count). The number of nitrogens with zero attached hydrogens (tertiary/aromatic N) is 1. The highest BCUT2D eigenvalue weighted by Gasteiger charge is 2.18. The van der Waals surface area contributed by atoms with Crippen molar-refractivity contribution in [2.75, 3.05) is 4.72 Å². The Balaban J connectivity index is 2.09. The number of benzene rings is 2. The molecule has 3 aromatic rings. The first-order valence-electron chi connectivity index (χ1n) is 6.49. The van der Waals surface area contributed by atoms with Crippen molar-refractivity contribution in [3.8, 4) is 0 Å². The molecule has 21 heavy (non-hydrogen) atoms. The minimum absolute atomic E-state index is 0.183. The average molecular weight is 298 g/mol. The van der Waals surface area contributed by atoms with Gasteiger partial charge in [-0.05, 0) is 36.8 Å². The zero-order valence-corrected chi connectivity index (χ0v) is 12.3. The van der Waals surface area contributed by atoms with Crippen LogP contribution in [0.15, 0.2) is 65.7 Å². The first-order valence-corrected chi connectivity index (χ1v) is 7.98. The normalized spacial score (nSPS) is 11.5. The third-order valence-electron chi connectivity index (χ3n) is 3.16. The summed E-state index contributed by atoms with van der Waals surface area (Å²) in [5.41, 5.74) is 2.01. The lowest BCUT2D eigenvalue weighted by molar-refractivity contribution is 0.602. The summed E-state index contributed by atoms with van der Waals surface area (Å²) in [6.45, 7) is 1.91. The maximum absolute atomic E-state index is 12.6. The molecular weight excluding hydrogens is 284 g/mol. The van der Waals surface area contributed by atoms with Gasteiger partial charge in [-0.15, -0.1) is 0 Å². The van der Waals surface area contributed by atoms with Crippen LogP contribution in [0.2, 0.25) is 0 Å². The van der Waals surface area contributed by atoms with Crippen LogP contribution in [0.25, 0.3) is 10.9 Å². The van der Waals surface area contributed by atoms with Crippen molar-refractivity contribution in [2.24, 2.45) is 0 Å². The summed E-state index contributed by atoms with van der Waals surface area (Å²) in [6.07, 6.45) is 1.59. The molecule has 0 radical (unpaired) electrons. The second kappa shape index (κ2) is 5.18. The van der Waals surface area contributed by atoms with E-state index >= 15 is 0 Å². The van der Waals surface area contributed by atoms with Crippen LogP contribution in [0.5, 0.6) is 0 Å². The summed E-state index contributed by atoms with van der Waals surface area (Å²) in [6, 6.07) is 16.0. The molecule has 0 saturated carbocycles. The molecule has 1 aromatic heterocycles. The highest BCUT2D eigenvalue weighted by Crippen LogP contribution is 2.23. The molecule has 2 aromatic carbocycles. The van der Waals surface area contributed by atoms with Crippen molar-refractivity contribution in [3.63, 3.8) is 0 Å². The number of anilines is 1. The van der Waals surface area contributed by atoms with Gasteiger partial charge < -0.3 is 0 Å². The first-order chi connectivity index (χ1) is 10.1. The predicted molar refractivity (Wildman–Crippen MR) is 83.7 cm³/mol. The monoisotopic (exact) mass is 298 g/mol. The smallest absolute Gasteiger partial charge is 0.264 e. The third kappa shape index (κ3) is 2.73. The standard InChI is InChI=1S/C16H14N2O2S/c1-12-5-2-8-14(11-12)18-21(19,20)15-9-3-6-13-7-4-10-17-16(13)15/h2-11,18H,1H3. The molecule has 0 aliphatic carbocycles. The fraction of sp³-hybridized carbons (Fsp3) is 0.0625. The summed E-state index contributed by atoms with van der Waals surface area (Å²) < 4.78 is 27.8. The Hall–Kier alpha value is -2.40. The molecule has 0 fully saturated rings. The largest absolute Gasteiger partial charge is 0.280 e. The van der Waals surface area contributed by atoms with E-state index in [0.29, 0.717) is 11.2 Å². The molecule has 1 heterocycles. The maximum atomic E-state index is 12.6. The molecule has 0 atom stereocenters. The SMILES string of the molecule is Cc1cccc(NS(=O)(=O)c2cccc3cccnc23)c1. The van der Waals surface area contributed by atoms with E-state index in [2.05, 4.69) is 9.71 Å². The lowest BCUT2D eigenvalue weighted by Gasteiger charge is -2.10. The Morgan fingerprint density at radius 3 is 2.57 bits per heavy atom. The highest BCUT2D eigenvalue weighted by atomic mass is 32.2. The van der Waals surface area contributed by atoms with Crippen LogP contribution in [-0.2, 0) is 10.0 Å². The van der Waals surface area contributed by atoms with Crippen molar-refractivity contribution in [1.82, 2.24) is 4.98 Å². The van der Waals surface area contributed by atoms with Crippen molar-refractivity contribution in [1.29, 1.82) is 0 Å². The van der Waals surface area contributed by atoms with E-state index in [1.807, 2.05) is 31.2 Å². The van der Waals surface area contributed by atoms with Gasteiger partial charge >= 0.3 is 0 Å². The van der Waals surface area contributed by atoms with Gasteiger partial charge in [-0.3, -0.25) is 9.71 Å². The summed E-state index contributed by atoms with van der Waals surface area (Å²) in [5, 5.41) is 0.796. The van der Waals surface area contributed by atoms with E-state index in [0.717, 1.165) is 10.9 Å². The average Bonchev–Trinajstić information content (AvgIpc) is 2.46. The zero-order valence-electron chi connectivity index (χ0n) is 11.4. The third-order valence-corrected chi connectivity index (χ3v) is 4.57. The molecular formula is C16H14N2O2S. The minimum atomic E-state index is -3.67. The summed E-state index contributed by atoms with van der Waals surface area (Å²) in [7, 11) is -3.67. The molecule has 1 N–H and O–H groups in total. The summed E-state index contributed by atoms with van der Waals surface area (Å²) in [5.74, 6) is 0. The molecule has 4 nitrogen and oxygen atoms in total. The number of hydrogen-bond donors (Lipinski definition) is 1. The fourth-order valence-corrected chi connectivity index (χ4v) is 3.44. The number of pyridine rings is 1. The highest BCUT2D eigenvalue weighted by molar-refractivity contribution is 7.93. The molecule has 5 heteroatoms. The molecule has 0 saturated heterocycles. The van der Waals surface area contributed by atoms with Crippen LogP contribution in [0.3, 0.4) is 0 Å². The van der Waals surface area contributed by atoms with Crippen molar-refractivity contribution in [2.45, 2.75) is 11.8 Å². The number of nitrogens with one attached hydrogen (secondary N) is 1. The van der Waals surface area contributed by atoms with E-state index < -0.39 is 10.0 Å². The Labute approximate surface area is 123 Å². The summed E-state index contributed by atoms with van der Waals surface area (Å²) >= 11 is 0. The van der Waals surface area contributed by atoms with Gasteiger partial charge in [0.1, 0.15) is 4.90 Å². The predicted octanol–water partition coefficient (Wildman–Crippen LogP) is 3.34. The number of sulfonamides is 1. The van der Waals surface area contributed by atoms with Crippen molar-refractivity contribution >= 4 is 26.6 Å². The van der Waals surface area contributed by atoms with Gasteiger partial charge in [-0.25, -0.2) is 8.42 Å². The second-order valence-electron chi connectivity index (χ2n) is 4.81. The van der Waals surface area contributed by atoms with Crippen molar-refractivity contribution in [3.05, 3.63) is 66.4 Å². The zero-order chi connectivity index (χ0) is 14.9. The Morgan fingerprint density at radius 2 is 1.76 bits per heavy atom. The molecule has 0 unspecified atom stereocenters. The quantitative estimate of drug-likeness (QED) is 0.806. The fourth-order valence-electron chi connectivity index (χ4n) is 2.21. The van der Waals surface area contributed by atoms with E-state index in [4.69, 9.17) is 0 Å². The molecule has 0 bridgehead atoms. The second-order valence-corrected chi connectivity index (χ2v) is 6.46. The summed E-state index contributed by atoms with van der Waals surface area (Å²) in [4.78, 5) is 4.37. The van der Waals surface area contributed by atoms with Gasteiger partial charge in [0.05, 0.1) is 5.52 Å². The maximum Gasteiger partial charge on any atom is 0.264 e. The lowest BCUT2D eigenvalue weighted by atomic mass is 10.2. The van der Waals surface area contributed by atoms with Crippen LogP contribution in [0, 0.1) is 6.92 Å². The number of hydrogen-bond acceptors (Lipinski definition) is 3. The number of para-hydroxylation sites is 1. The number of aromatic nitrogens is 1. The van der Waals surface area contributed by atoms with E-state index in [1.54, 1.807) is 36.5 Å². The molecule has 0 spiro atoms. The molecule has 0 aliphatic heterocycles. The number of fused-ring (bicyclic) bond motifs is 1. The molecule has 106 valence electrons. The van der Waals surface area contributed by atoms with Crippen molar-refractivity contribution < 1.29 is 8.42 Å². The topological polar surface area (TPSA) is 59.1 Å². The Morgan fingerprint density at radius 1 is 1.00 bits per heavy atom. The number of rotatable bonds is 3. The minimum Gasteiger partial charge on any atom is -0.280 e. The van der Waals surface area contributed by atoms with E-state index in [9.17, 15) is 8.42 Å². The van der Waals surface area contributed by atoms with Gasteiger partial charge in [-0.2, -0.15) is 0 Å². The van der Waals surface area contributed by atoms with Gasteiger partial charge in [0.2, 0.25) is 0 Å². The van der Waals surface area contributed by atoms with Gasteiger partial charge in [0.25, 0.3) is 10.0 Å². The van der Waals surface area contributed by atoms with E-state index in [1.165, 1.54) is 0 Å². The Bertz CT molecular complexity index is 900. The number of aryl methyl sites for hydroxylation is 1. The molecule has 0 aliphatic rings. The van der Waals surface area contributed by atoms with Gasteiger partial charge in [0.15, 0.2) is 0 Å². The van der Waals surface area contributed by atoms with Crippen LogP contribution < -0.4 is 4.72 Å². The van der Waals surface area contributed by atoms with Crippen LogP contribution in [0.4, 0.5) is 5.69 Å². The van der Waals surface area contributed by atoms with Crippen LogP contribution in [-0.4, -0.2) is 13.4 Å². The van der Waals surface area contributed by atoms with Crippen LogP contribution in [0.1, 0.15) is 5.56 Å². The van der Waals surface area contributed by atoms with Gasteiger partial charge in [0, 0.05) is 17.3 Å². The van der Waals surface area contributed by atoms with Crippen LogP contribution >= 0.6 is 0 Å². The molecule has 0 amide bonds. The van der Waals surface area contributed by atoms with E-state index in [-0.39, 0.29) is 4.90 Å².